The van der Waals surface area contributed by atoms with E-state index < -0.39 is 5.92 Å². The van der Waals surface area contributed by atoms with Gasteiger partial charge in [-0.3, -0.25) is 14.9 Å². The SMILES string of the molecule is NC1CC2(CCN(C3CCN(c4ccc(C5CCC(=O)NC5=O)cc4F)CC3)CC2)C1. The van der Waals surface area contributed by atoms with E-state index in [1.165, 1.54) is 44.8 Å². The van der Waals surface area contributed by atoms with Crippen molar-refractivity contribution in [2.24, 2.45) is 11.1 Å². The summed E-state index contributed by atoms with van der Waals surface area (Å²) in [5.74, 6) is -1.29. The number of rotatable bonds is 3. The number of anilines is 1. The highest BCUT2D eigenvalue weighted by Crippen LogP contribution is 2.48. The lowest BCUT2D eigenvalue weighted by Gasteiger charge is -2.53. The molecule has 1 spiro atoms. The molecule has 3 heterocycles. The van der Waals surface area contributed by atoms with Gasteiger partial charge in [-0.25, -0.2) is 4.39 Å². The molecule has 1 saturated carbocycles. The maximum Gasteiger partial charge on any atom is 0.234 e. The molecule has 1 aromatic carbocycles. The molecule has 7 heteroatoms. The molecule has 0 bridgehead atoms. The Balaban J connectivity index is 1.16. The van der Waals surface area contributed by atoms with E-state index in [4.69, 9.17) is 5.73 Å². The third-order valence-corrected chi connectivity index (χ3v) is 8.18. The summed E-state index contributed by atoms with van der Waals surface area (Å²) < 4.78 is 14.9. The molecule has 3 aliphatic heterocycles. The number of hydrogen-bond donors (Lipinski definition) is 2. The largest absolute Gasteiger partial charge is 0.369 e. The van der Waals surface area contributed by atoms with Crippen molar-refractivity contribution in [3.05, 3.63) is 29.6 Å². The fraction of sp³-hybridized carbons (Fsp3) is 0.667. The van der Waals surface area contributed by atoms with E-state index in [1.807, 2.05) is 6.07 Å². The van der Waals surface area contributed by atoms with Crippen LogP contribution in [-0.2, 0) is 9.59 Å². The van der Waals surface area contributed by atoms with Gasteiger partial charge in [0.25, 0.3) is 0 Å². The normalized spacial score (nSPS) is 27.9. The summed E-state index contributed by atoms with van der Waals surface area (Å²) in [5.41, 5.74) is 7.83. The van der Waals surface area contributed by atoms with Gasteiger partial charge in [-0.1, -0.05) is 6.07 Å². The van der Waals surface area contributed by atoms with E-state index >= 15 is 0 Å². The van der Waals surface area contributed by atoms with Crippen molar-refractivity contribution in [3.63, 3.8) is 0 Å². The molecule has 4 fully saturated rings. The number of imide groups is 1. The number of benzene rings is 1. The highest BCUT2D eigenvalue weighted by Gasteiger charge is 2.45. The Morgan fingerprint density at radius 3 is 2.35 bits per heavy atom. The fourth-order valence-corrected chi connectivity index (χ4v) is 6.30. The molecule has 5 rings (SSSR count). The van der Waals surface area contributed by atoms with E-state index in [-0.39, 0.29) is 17.6 Å². The van der Waals surface area contributed by atoms with Crippen LogP contribution >= 0.6 is 0 Å². The molecule has 0 aromatic heterocycles. The zero-order chi connectivity index (χ0) is 21.6. The van der Waals surface area contributed by atoms with Gasteiger partial charge in [0, 0.05) is 31.6 Å². The van der Waals surface area contributed by atoms with Crippen molar-refractivity contribution in [1.29, 1.82) is 0 Å². The standard InChI is InChI=1S/C24H33FN4O2/c25-20-13-16(19-2-4-22(30)27-23(19)31)1-3-21(20)29-9-5-18(6-10-29)28-11-7-24(8-12-28)14-17(26)15-24/h1,3,13,17-19H,2,4-12,14-15,26H2,(H,27,30,31). The minimum atomic E-state index is -0.445. The summed E-state index contributed by atoms with van der Waals surface area (Å²) in [6.45, 7) is 4.05. The van der Waals surface area contributed by atoms with Crippen LogP contribution in [0.25, 0.3) is 0 Å². The Labute approximate surface area is 183 Å². The molecule has 2 amide bonds. The van der Waals surface area contributed by atoms with Crippen molar-refractivity contribution >= 4 is 17.5 Å². The molecule has 1 aliphatic carbocycles. The van der Waals surface area contributed by atoms with Crippen LogP contribution in [0, 0.1) is 11.2 Å². The van der Waals surface area contributed by atoms with Crippen molar-refractivity contribution in [2.45, 2.75) is 69.4 Å². The molecule has 0 radical (unpaired) electrons. The van der Waals surface area contributed by atoms with E-state index in [0.717, 1.165) is 25.9 Å². The Morgan fingerprint density at radius 1 is 1.03 bits per heavy atom. The predicted molar refractivity (Wildman–Crippen MR) is 117 cm³/mol. The van der Waals surface area contributed by atoms with Crippen LogP contribution in [0.15, 0.2) is 18.2 Å². The number of piperidine rings is 3. The van der Waals surface area contributed by atoms with Crippen molar-refractivity contribution in [3.8, 4) is 0 Å². The van der Waals surface area contributed by atoms with E-state index in [1.54, 1.807) is 6.07 Å². The van der Waals surface area contributed by atoms with Crippen LogP contribution in [0.4, 0.5) is 10.1 Å². The molecule has 31 heavy (non-hydrogen) atoms. The van der Waals surface area contributed by atoms with Gasteiger partial charge in [0.15, 0.2) is 0 Å². The number of halogens is 1. The van der Waals surface area contributed by atoms with Gasteiger partial charge in [-0.2, -0.15) is 0 Å². The molecule has 168 valence electrons. The smallest absolute Gasteiger partial charge is 0.234 e. The number of hydrogen-bond acceptors (Lipinski definition) is 5. The third-order valence-electron chi connectivity index (χ3n) is 8.18. The third kappa shape index (κ3) is 4.10. The van der Waals surface area contributed by atoms with Gasteiger partial charge < -0.3 is 15.5 Å². The Bertz CT molecular complexity index is 851. The Kier molecular flexibility index (Phi) is 5.51. The Hall–Kier alpha value is -1.99. The molecule has 1 unspecified atom stereocenters. The lowest BCUT2D eigenvalue weighted by molar-refractivity contribution is -0.134. The van der Waals surface area contributed by atoms with Gasteiger partial charge >= 0.3 is 0 Å². The lowest BCUT2D eigenvalue weighted by Crippen LogP contribution is -2.55. The van der Waals surface area contributed by atoms with E-state index in [9.17, 15) is 14.0 Å². The highest BCUT2D eigenvalue weighted by molar-refractivity contribution is 6.00. The summed E-state index contributed by atoms with van der Waals surface area (Å²) in [5, 5.41) is 2.35. The summed E-state index contributed by atoms with van der Waals surface area (Å²) in [6, 6.07) is 6.14. The van der Waals surface area contributed by atoms with Gasteiger partial charge in [0.2, 0.25) is 11.8 Å². The first kappa shape index (κ1) is 20.9. The summed E-state index contributed by atoms with van der Waals surface area (Å²) in [6.07, 6.45) is 7.81. The lowest BCUT2D eigenvalue weighted by atomic mass is 9.60. The topological polar surface area (TPSA) is 78.7 Å². The molecular weight excluding hydrogens is 395 g/mol. The second kappa shape index (κ2) is 8.17. The predicted octanol–water partition coefficient (Wildman–Crippen LogP) is 2.52. The first-order valence-electron chi connectivity index (χ1n) is 11.8. The number of nitrogens with zero attached hydrogens (tertiary/aromatic N) is 2. The van der Waals surface area contributed by atoms with Crippen molar-refractivity contribution < 1.29 is 14.0 Å². The number of nitrogens with two attached hydrogens (primary N) is 1. The van der Waals surface area contributed by atoms with Gasteiger partial charge in [-0.05, 0) is 81.1 Å². The average Bonchev–Trinajstić information content (AvgIpc) is 2.74. The second-order valence-electron chi connectivity index (χ2n) is 10.1. The zero-order valence-corrected chi connectivity index (χ0v) is 18.1. The molecule has 1 aromatic rings. The maximum absolute atomic E-state index is 14.9. The summed E-state index contributed by atoms with van der Waals surface area (Å²) in [7, 11) is 0. The van der Waals surface area contributed by atoms with Gasteiger partial charge in [0.05, 0.1) is 11.6 Å². The molecule has 1 atom stereocenters. The van der Waals surface area contributed by atoms with Gasteiger partial charge in [0.1, 0.15) is 5.82 Å². The van der Waals surface area contributed by atoms with Gasteiger partial charge in [-0.15, -0.1) is 0 Å². The molecule has 6 nitrogen and oxygen atoms in total. The van der Waals surface area contributed by atoms with Crippen molar-refractivity contribution in [2.75, 3.05) is 31.1 Å². The molecule has 3 N–H and O–H groups in total. The minimum absolute atomic E-state index is 0.249. The van der Waals surface area contributed by atoms with Crippen LogP contribution in [0.5, 0.6) is 0 Å². The number of nitrogens with one attached hydrogen (secondary N) is 1. The summed E-state index contributed by atoms with van der Waals surface area (Å²) >= 11 is 0. The molecular formula is C24H33FN4O2. The van der Waals surface area contributed by atoms with Crippen LogP contribution in [0.2, 0.25) is 0 Å². The van der Waals surface area contributed by atoms with E-state index in [2.05, 4.69) is 15.1 Å². The second-order valence-corrected chi connectivity index (χ2v) is 10.1. The quantitative estimate of drug-likeness (QED) is 0.724. The first-order chi connectivity index (χ1) is 14.9. The van der Waals surface area contributed by atoms with Crippen LogP contribution in [0.1, 0.15) is 62.8 Å². The number of likely N-dealkylation sites (tertiary alicyclic amines) is 1. The fourth-order valence-electron chi connectivity index (χ4n) is 6.30. The number of amides is 2. The first-order valence-corrected chi connectivity index (χ1v) is 11.8. The van der Waals surface area contributed by atoms with E-state index in [0.29, 0.717) is 41.6 Å². The molecule has 4 aliphatic rings. The number of carbonyl (C=O) groups excluding carboxylic acids is 2. The summed E-state index contributed by atoms with van der Waals surface area (Å²) in [4.78, 5) is 28.2. The monoisotopic (exact) mass is 428 g/mol. The highest BCUT2D eigenvalue weighted by atomic mass is 19.1. The molecule has 3 saturated heterocycles. The van der Waals surface area contributed by atoms with Crippen molar-refractivity contribution in [1.82, 2.24) is 10.2 Å². The average molecular weight is 429 g/mol. The minimum Gasteiger partial charge on any atom is -0.369 e. The Morgan fingerprint density at radius 2 is 1.74 bits per heavy atom. The van der Waals surface area contributed by atoms with Crippen LogP contribution < -0.4 is 16.0 Å². The van der Waals surface area contributed by atoms with Crippen LogP contribution in [0.3, 0.4) is 0 Å². The number of carbonyl (C=O) groups is 2. The maximum atomic E-state index is 14.9. The zero-order valence-electron chi connectivity index (χ0n) is 18.1. The van der Waals surface area contributed by atoms with Crippen LogP contribution in [-0.4, -0.2) is 55.0 Å².